The van der Waals surface area contributed by atoms with Gasteiger partial charge in [0.05, 0.1) is 12.0 Å². The molecule has 3 aromatic carbocycles. The van der Waals surface area contributed by atoms with Gasteiger partial charge in [0.2, 0.25) is 5.75 Å². The molecule has 0 aliphatic heterocycles. The third-order valence-corrected chi connectivity index (χ3v) is 5.09. The molecule has 4 aromatic rings. The van der Waals surface area contributed by atoms with Gasteiger partial charge in [-0.05, 0) is 37.3 Å². The lowest BCUT2D eigenvalue weighted by Gasteiger charge is -2.09. The average Bonchev–Trinajstić information content (AvgIpc) is 3.10. The molecule has 0 aliphatic rings. The number of nitrogens with zero attached hydrogens (tertiary/aromatic N) is 2. The summed E-state index contributed by atoms with van der Waals surface area (Å²) in [7, 11) is 1.34. The predicted octanol–water partition coefficient (Wildman–Crippen LogP) is 4.75. The second kappa shape index (κ2) is 8.35. The Kier molecular flexibility index (Phi) is 5.44. The molecule has 0 radical (unpaired) electrons. The van der Waals surface area contributed by atoms with Crippen LogP contribution in [0.15, 0.2) is 60.7 Å². The minimum absolute atomic E-state index is 0.0701. The molecule has 0 saturated heterocycles. The number of aryl methyl sites for hydroxylation is 1. The highest BCUT2D eigenvalue weighted by molar-refractivity contribution is 6.09. The Balaban J connectivity index is 1.50. The number of aromatic nitrogens is 1. The lowest BCUT2D eigenvalue weighted by atomic mass is 10.1. The number of rotatable bonds is 7. The summed E-state index contributed by atoms with van der Waals surface area (Å²) in [6, 6.07) is 18.1. The summed E-state index contributed by atoms with van der Waals surface area (Å²) in [5, 5.41) is 16.0. The van der Waals surface area contributed by atoms with Crippen molar-refractivity contribution >= 4 is 39.1 Å². The Hall–Kier alpha value is -4.07. The molecule has 1 heterocycles. The number of para-hydroxylation sites is 1. The number of hydrogen-bond donors (Lipinski definition) is 1. The summed E-state index contributed by atoms with van der Waals surface area (Å²) in [4.78, 5) is 22.8. The summed E-state index contributed by atoms with van der Waals surface area (Å²) >= 11 is 0. The van der Waals surface area contributed by atoms with E-state index in [0.29, 0.717) is 11.4 Å². The fourth-order valence-electron chi connectivity index (χ4n) is 3.72. The maximum Gasteiger partial charge on any atom is 0.311 e. The quantitative estimate of drug-likeness (QED) is 0.345. The van der Waals surface area contributed by atoms with E-state index in [-0.39, 0.29) is 24.0 Å². The van der Waals surface area contributed by atoms with Crippen LogP contribution in [0.1, 0.15) is 6.92 Å². The van der Waals surface area contributed by atoms with Gasteiger partial charge in [0.25, 0.3) is 5.91 Å². The molecule has 0 atom stereocenters. The SMILES string of the molecule is CCn1c2ccccc2c2cc(NC(=O)COc3ccc([N+](=O)[O-])c(OC)c3)ccc21. The van der Waals surface area contributed by atoms with Crippen molar-refractivity contribution in [2.24, 2.45) is 0 Å². The first-order valence-corrected chi connectivity index (χ1v) is 9.78. The molecule has 0 aliphatic carbocycles. The van der Waals surface area contributed by atoms with Crippen molar-refractivity contribution in [3.63, 3.8) is 0 Å². The van der Waals surface area contributed by atoms with Gasteiger partial charge in [-0.3, -0.25) is 14.9 Å². The fourth-order valence-corrected chi connectivity index (χ4v) is 3.72. The van der Waals surface area contributed by atoms with E-state index >= 15 is 0 Å². The van der Waals surface area contributed by atoms with Crippen LogP contribution in [-0.4, -0.2) is 29.1 Å². The second-order valence-corrected chi connectivity index (χ2v) is 6.92. The maximum atomic E-state index is 12.4. The van der Waals surface area contributed by atoms with Crippen LogP contribution in [0.2, 0.25) is 0 Å². The molecule has 8 nitrogen and oxygen atoms in total. The number of anilines is 1. The van der Waals surface area contributed by atoms with Crippen molar-refractivity contribution in [3.8, 4) is 11.5 Å². The van der Waals surface area contributed by atoms with Gasteiger partial charge >= 0.3 is 5.69 Å². The van der Waals surface area contributed by atoms with Crippen molar-refractivity contribution in [1.82, 2.24) is 4.57 Å². The molecule has 4 rings (SSSR count). The predicted molar refractivity (Wildman–Crippen MR) is 119 cm³/mol. The van der Waals surface area contributed by atoms with Gasteiger partial charge in [-0.25, -0.2) is 0 Å². The largest absolute Gasteiger partial charge is 0.490 e. The van der Waals surface area contributed by atoms with Gasteiger partial charge in [0.15, 0.2) is 6.61 Å². The number of nitrogens with one attached hydrogen (secondary N) is 1. The summed E-state index contributed by atoms with van der Waals surface area (Å²) < 4.78 is 12.7. The highest BCUT2D eigenvalue weighted by atomic mass is 16.6. The summed E-state index contributed by atoms with van der Waals surface area (Å²) in [6.07, 6.45) is 0. The minimum atomic E-state index is -0.541. The van der Waals surface area contributed by atoms with Crippen LogP contribution in [0.3, 0.4) is 0 Å². The molecule has 8 heteroatoms. The number of nitro groups is 1. The monoisotopic (exact) mass is 419 g/mol. The molecule has 1 aromatic heterocycles. The van der Waals surface area contributed by atoms with Crippen molar-refractivity contribution < 1.29 is 19.2 Å². The van der Waals surface area contributed by atoms with Gasteiger partial charge in [-0.15, -0.1) is 0 Å². The van der Waals surface area contributed by atoms with E-state index in [1.807, 2.05) is 30.3 Å². The number of benzene rings is 3. The summed E-state index contributed by atoms with van der Waals surface area (Å²) in [5.74, 6) is 0.0376. The lowest BCUT2D eigenvalue weighted by molar-refractivity contribution is -0.385. The molecule has 0 unspecified atom stereocenters. The first-order chi connectivity index (χ1) is 15.0. The number of hydrogen-bond acceptors (Lipinski definition) is 5. The van der Waals surface area contributed by atoms with Crippen molar-refractivity contribution in [3.05, 3.63) is 70.8 Å². The van der Waals surface area contributed by atoms with Crippen LogP contribution < -0.4 is 14.8 Å². The van der Waals surface area contributed by atoms with E-state index < -0.39 is 4.92 Å². The summed E-state index contributed by atoms with van der Waals surface area (Å²) in [6.45, 7) is 2.71. The van der Waals surface area contributed by atoms with Crippen molar-refractivity contribution in [2.45, 2.75) is 13.5 Å². The van der Waals surface area contributed by atoms with Crippen molar-refractivity contribution in [2.75, 3.05) is 19.0 Å². The zero-order valence-corrected chi connectivity index (χ0v) is 17.1. The minimum Gasteiger partial charge on any atom is -0.490 e. The van der Waals surface area contributed by atoms with E-state index in [1.165, 1.54) is 25.3 Å². The van der Waals surface area contributed by atoms with Gasteiger partial charge < -0.3 is 19.4 Å². The van der Waals surface area contributed by atoms with Crippen LogP contribution in [-0.2, 0) is 11.3 Å². The highest BCUT2D eigenvalue weighted by Gasteiger charge is 2.16. The highest BCUT2D eigenvalue weighted by Crippen LogP contribution is 2.32. The van der Waals surface area contributed by atoms with Crippen LogP contribution in [0.4, 0.5) is 11.4 Å². The molecule has 0 saturated carbocycles. The molecule has 31 heavy (non-hydrogen) atoms. The molecule has 158 valence electrons. The standard InChI is InChI=1S/C23H21N3O5/c1-3-25-19-7-5-4-6-17(19)18-12-15(8-10-20(18)25)24-23(27)14-31-16-9-11-21(26(28)29)22(13-16)30-2/h4-13H,3,14H2,1-2H3,(H,24,27). The van der Waals surface area contributed by atoms with E-state index in [2.05, 4.69) is 28.9 Å². The average molecular weight is 419 g/mol. The van der Waals surface area contributed by atoms with Crippen molar-refractivity contribution in [1.29, 1.82) is 0 Å². The normalized spacial score (nSPS) is 10.9. The Labute approximate surface area is 178 Å². The zero-order valence-electron chi connectivity index (χ0n) is 17.1. The van der Waals surface area contributed by atoms with Gasteiger partial charge in [0.1, 0.15) is 5.75 Å². The summed E-state index contributed by atoms with van der Waals surface area (Å²) in [5.41, 5.74) is 2.76. The number of nitro benzene ring substituents is 1. The lowest BCUT2D eigenvalue weighted by Crippen LogP contribution is -2.20. The van der Waals surface area contributed by atoms with Crippen LogP contribution in [0.25, 0.3) is 21.8 Å². The number of methoxy groups -OCH3 is 1. The molecule has 1 N–H and O–H groups in total. The Morgan fingerprint density at radius 2 is 1.84 bits per heavy atom. The molecule has 0 fully saturated rings. The number of amides is 1. The molecule has 0 spiro atoms. The van der Waals surface area contributed by atoms with Crippen LogP contribution >= 0.6 is 0 Å². The second-order valence-electron chi connectivity index (χ2n) is 6.92. The topological polar surface area (TPSA) is 95.6 Å². The number of fused-ring (bicyclic) bond motifs is 3. The number of carbonyl (C=O) groups excluding carboxylic acids is 1. The Morgan fingerprint density at radius 3 is 2.58 bits per heavy atom. The molecule has 0 bridgehead atoms. The smallest absolute Gasteiger partial charge is 0.311 e. The Morgan fingerprint density at radius 1 is 1.06 bits per heavy atom. The number of carbonyl (C=O) groups is 1. The third-order valence-electron chi connectivity index (χ3n) is 5.09. The first kappa shape index (κ1) is 20.2. The van der Waals surface area contributed by atoms with E-state index in [4.69, 9.17) is 9.47 Å². The van der Waals surface area contributed by atoms with Gasteiger partial charge in [-0.2, -0.15) is 0 Å². The first-order valence-electron chi connectivity index (χ1n) is 9.78. The van der Waals surface area contributed by atoms with Crippen LogP contribution in [0, 0.1) is 10.1 Å². The van der Waals surface area contributed by atoms with E-state index in [9.17, 15) is 14.9 Å². The van der Waals surface area contributed by atoms with E-state index in [0.717, 1.165) is 28.4 Å². The number of ether oxygens (including phenoxy) is 2. The van der Waals surface area contributed by atoms with E-state index in [1.54, 1.807) is 0 Å². The molecular formula is C23H21N3O5. The zero-order chi connectivity index (χ0) is 22.0. The van der Waals surface area contributed by atoms with Gasteiger partial charge in [-0.1, -0.05) is 18.2 Å². The fraction of sp³-hybridized carbons (Fsp3) is 0.174. The molecule has 1 amide bonds. The Bertz CT molecular complexity index is 1300. The maximum absolute atomic E-state index is 12.4. The molecular weight excluding hydrogens is 398 g/mol. The third kappa shape index (κ3) is 3.87. The van der Waals surface area contributed by atoms with Crippen LogP contribution in [0.5, 0.6) is 11.5 Å². The van der Waals surface area contributed by atoms with Gasteiger partial charge in [0, 0.05) is 46.2 Å².